The van der Waals surface area contributed by atoms with Gasteiger partial charge in [-0.05, 0) is 59.8 Å². The van der Waals surface area contributed by atoms with Crippen LogP contribution in [0.25, 0.3) is 0 Å². The Morgan fingerprint density at radius 2 is 2.10 bits per heavy atom. The van der Waals surface area contributed by atoms with Crippen molar-refractivity contribution in [3.05, 3.63) is 53.2 Å². The van der Waals surface area contributed by atoms with Gasteiger partial charge in [0, 0.05) is 12.0 Å². The van der Waals surface area contributed by atoms with Crippen molar-refractivity contribution in [3.63, 3.8) is 0 Å². The molecule has 7 nitrogen and oxygen atoms in total. The number of fused-ring (bicyclic) bond motifs is 2. The Kier molecular flexibility index (Phi) is 4.92. The van der Waals surface area contributed by atoms with Gasteiger partial charge < -0.3 is 10.5 Å². The lowest BCUT2D eigenvalue weighted by Gasteiger charge is -2.42. The van der Waals surface area contributed by atoms with Gasteiger partial charge in [-0.1, -0.05) is 6.07 Å². The van der Waals surface area contributed by atoms with E-state index in [0.29, 0.717) is 24.3 Å². The number of ketones is 1. The van der Waals surface area contributed by atoms with E-state index in [1.165, 1.54) is 25.6 Å². The van der Waals surface area contributed by atoms with Crippen molar-refractivity contribution in [3.8, 4) is 5.88 Å². The Morgan fingerprint density at radius 1 is 1.35 bits per heavy atom. The van der Waals surface area contributed by atoms with Crippen LogP contribution in [-0.2, 0) is 21.5 Å². The Hall–Kier alpha value is -2.81. The van der Waals surface area contributed by atoms with Crippen LogP contribution in [0.15, 0.2) is 35.6 Å². The number of amidine groups is 1. The minimum atomic E-state index is -2.66. The number of aromatic nitrogens is 2. The summed E-state index contributed by atoms with van der Waals surface area (Å²) in [6.45, 7) is 3.57. The van der Waals surface area contributed by atoms with E-state index in [2.05, 4.69) is 20.8 Å². The second-order valence-electron chi connectivity index (χ2n) is 8.49. The molecule has 9 heteroatoms. The molecule has 0 saturated carbocycles. The fraction of sp³-hybridized carbons (Fsp3) is 0.409. The zero-order valence-corrected chi connectivity index (χ0v) is 18.5. The summed E-state index contributed by atoms with van der Waals surface area (Å²) in [6, 6.07) is 4.47. The Balaban J connectivity index is 1.71. The van der Waals surface area contributed by atoms with Crippen LogP contribution >= 0.6 is 0 Å². The van der Waals surface area contributed by atoms with E-state index in [1.54, 1.807) is 19.1 Å². The zero-order chi connectivity index (χ0) is 22.6. The molecule has 1 unspecified atom stereocenters. The molecule has 2 aliphatic heterocycles. The van der Waals surface area contributed by atoms with Gasteiger partial charge in [0.15, 0.2) is 5.78 Å². The molecule has 0 radical (unpaired) electrons. The van der Waals surface area contributed by atoms with Crippen molar-refractivity contribution in [2.24, 2.45) is 10.7 Å². The summed E-state index contributed by atoms with van der Waals surface area (Å²) in [7, 11) is -1.19. The quantitative estimate of drug-likeness (QED) is 0.560. The number of carbonyl (C=O) groups excluding carboxylic acids is 1. The number of Topliss-reactive ketones (excluding diaryl/α,β-unsaturated/α-hetero) is 1. The molecule has 2 N–H and O–H groups in total. The highest BCUT2D eigenvalue weighted by molar-refractivity contribution is 8.03. The SMILES string of the molecule is C=S1(=O)[C@H]2CC[C@]1(C)C(N)=N[C@]2(C)c1cc(CC(=O)c2cnc(OC)cn2)ccc1F. The van der Waals surface area contributed by atoms with Crippen molar-refractivity contribution < 1.29 is 18.1 Å². The summed E-state index contributed by atoms with van der Waals surface area (Å²) in [5.74, 6) is 3.83. The van der Waals surface area contributed by atoms with Crippen LogP contribution in [0.2, 0.25) is 0 Å². The second-order valence-corrected chi connectivity index (χ2v) is 11.4. The average molecular weight is 445 g/mol. The number of nitrogens with two attached hydrogens (primary N) is 1. The number of benzene rings is 1. The molecule has 1 saturated heterocycles. The lowest BCUT2D eigenvalue weighted by Crippen LogP contribution is -2.55. The number of ether oxygens (including phenoxy) is 1. The zero-order valence-electron chi connectivity index (χ0n) is 17.7. The fourth-order valence-electron chi connectivity index (χ4n) is 4.63. The monoisotopic (exact) mass is 444 g/mol. The summed E-state index contributed by atoms with van der Waals surface area (Å²) < 4.78 is 32.8. The molecule has 1 aromatic heterocycles. The third kappa shape index (κ3) is 3.13. The first-order valence-corrected chi connectivity index (χ1v) is 11.7. The summed E-state index contributed by atoms with van der Waals surface area (Å²) in [5, 5.41) is -0.440. The van der Waals surface area contributed by atoms with Gasteiger partial charge >= 0.3 is 0 Å². The molecule has 0 aliphatic carbocycles. The van der Waals surface area contributed by atoms with E-state index >= 15 is 0 Å². The normalized spacial score (nSPS) is 31.9. The van der Waals surface area contributed by atoms with E-state index in [4.69, 9.17) is 10.5 Å². The minimum Gasteiger partial charge on any atom is -0.480 e. The first kappa shape index (κ1) is 21.4. The van der Waals surface area contributed by atoms with Gasteiger partial charge in [-0.3, -0.25) is 14.0 Å². The molecule has 164 valence electrons. The van der Waals surface area contributed by atoms with Gasteiger partial charge in [0.2, 0.25) is 5.88 Å². The van der Waals surface area contributed by atoms with E-state index in [0.717, 1.165) is 0 Å². The van der Waals surface area contributed by atoms with Crippen LogP contribution in [-0.4, -0.2) is 48.8 Å². The number of hydrogen-bond donors (Lipinski definition) is 1. The highest BCUT2D eigenvalue weighted by atomic mass is 32.2. The molecule has 3 heterocycles. The third-order valence-electron chi connectivity index (χ3n) is 6.69. The lowest BCUT2D eigenvalue weighted by atomic mass is 9.85. The fourth-order valence-corrected chi connectivity index (χ4v) is 7.54. The number of nitrogens with zero attached hydrogens (tertiary/aromatic N) is 3. The summed E-state index contributed by atoms with van der Waals surface area (Å²) in [6.07, 6.45) is 3.90. The molecular formula is C22H25FN4O3S. The third-order valence-corrected chi connectivity index (χ3v) is 10.2. The van der Waals surface area contributed by atoms with Crippen LogP contribution in [0.3, 0.4) is 0 Å². The smallest absolute Gasteiger partial charge is 0.232 e. The van der Waals surface area contributed by atoms with Crippen molar-refractivity contribution in [2.75, 3.05) is 7.11 Å². The highest BCUT2D eigenvalue weighted by Gasteiger charge is 2.59. The van der Waals surface area contributed by atoms with Crippen LogP contribution in [0.1, 0.15) is 48.3 Å². The molecule has 31 heavy (non-hydrogen) atoms. The first-order chi connectivity index (χ1) is 14.5. The first-order valence-electron chi connectivity index (χ1n) is 9.92. The van der Waals surface area contributed by atoms with Crippen molar-refractivity contribution >= 4 is 27.0 Å². The average Bonchev–Trinajstić information content (AvgIpc) is 2.92. The molecule has 2 aromatic rings. The number of rotatable bonds is 5. The number of hydrogen-bond acceptors (Lipinski definition) is 7. The van der Waals surface area contributed by atoms with Crippen LogP contribution < -0.4 is 10.5 Å². The number of halogens is 1. The van der Waals surface area contributed by atoms with E-state index in [1.807, 2.05) is 6.92 Å². The predicted octanol–water partition coefficient (Wildman–Crippen LogP) is 2.27. The van der Waals surface area contributed by atoms with Gasteiger partial charge in [0.25, 0.3) is 0 Å². The molecule has 0 amide bonds. The number of methoxy groups -OCH3 is 1. The van der Waals surface area contributed by atoms with Gasteiger partial charge in [-0.25, -0.2) is 14.4 Å². The molecule has 4 rings (SSSR count). The summed E-state index contributed by atoms with van der Waals surface area (Å²) >= 11 is 0. The molecule has 2 aliphatic rings. The second kappa shape index (κ2) is 7.12. The minimum absolute atomic E-state index is 0.00565. The molecule has 0 spiro atoms. The van der Waals surface area contributed by atoms with E-state index < -0.39 is 30.9 Å². The molecule has 4 atom stereocenters. The Bertz CT molecular complexity index is 1200. The van der Waals surface area contributed by atoms with Gasteiger partial charge in [-0.2, -0.15) is 0 Å². The van der Waals surface area contributed by atoms with Crippen molar-refractivity contribution in [1.82, 2.24) is 9.97 Å². The molecular weight excluding hydrogens is 419 g/mol. The lowest BCUT2D eigenvalue weighted by molar-refractivity contribution is 0.0987. The molecule has 1 aromatic carbocycles. The van der Waals surface area contributed by atoms with Gasteiger partial charge in [0.05, 0.1) is 29.5 Å². The highest BCUT2D eigenvalue weighted by Crippen LogP contribution is 2.51. The number of carbonyl (C=O) groups is 1. The summed E-state index contributed by atoms with van der Waals surface area (Å²) in [4.78, 5) is 25.4. The summed E-state index contributed by atoms with van der Waals surface area (Å²) in [5.41, 5.74) is 6.16. The van der Waals surface area contributed by atoms with Crippen LogP contribution in [0.4, 0.5) is 4.39 Å². The molecule has 1 fully saturated rings. The predicted molar refractivity (Wildman–Crippen MR) is 119 cm³/mol. The van der Waals surface area contributed by atoms with Gasteiger partial charge in [-0.15, -0.1) is 0 Å². The molecule has 2 bridgehead atoms. The maximum Gasteiger partial charge on any atom is 0.232 e. The Morgan fingerprint density at radius 3 is 2.74 bits per heavy atom. The van der Waals surface area contributed by atoms with Gasteiger partial charge in [0.1, 0.15) is 22.9 Å². The van der Waals surface area contributed by atoms with Crippen LogP contribution in [0.5, 0.6) is 5.88 Å². The Labute approximate surface area is 181 Å². The van der Waals surface area contributed by atoms with E-state index in [-0.39, 0.29) is 29.3 Å². The number of aliphatic imine (C=N–C) groups is 1. The topological polar surface area (TPSA) is 108 Å². The standard InChI is InChI=1S/C22H25FN4O3S/c1-21-8-7-18(31(21,4)29)22(2,27-20(21)24)14-9-13(5-6-15(14)23)10-17(28)16-11-26-19(30-3)12-25-16/h5-6,9,11-12,18H,4,7-8,10H2,1-3H3,(H2,24,27)/t18-,21+,22+,31?/m0/s1. The van der Waals surface area contributed by atoms with E-state index in [9.17, 15) is 13.4 Å². The maximum atomic E-state index is 15.0. The van der Waals surface area contributed by atoms with Crippen molar-refractivity contribution in [1.29, 1.82) is 0 Å². The van der Waals surface area contributed by atoms with Crippen molar-refractivity contribution in [2.45, 2.75) is 48.6 Å². The maximum absolute atomic E-state index is 15.0. The van der Waals surface area contributed by atoms with Crippen LogP contribution in [0, 0.1) is 5.82 Å². The largest absolute Gasteiger partial charge is 0.480 e.